The molecule has 0 aromatic heterocycles. The summed E-state index contributed by atoms with van der Waals surface area (Å²) < 4.78 is 12.3. The van der Waals surface area contributed by atoms with Crippen molar-refractivity contribution in [3.8, 4) is 23.0 Å². The highest BCUT2D eigenvalue weighted by Crippen LogP contribution is 2.46. The van der Waals surface area contributed by atoms with Gasteiger partial charge in [0.2, 0.25) is 6.35 Å². The highest BCUT2D eigenvalue weighted by atomic mass is 16.5. The second-order valence-corrected chi connectivity index (χ2v) is 30.1. The summed E-state index contributed by atoms with van der Waals surface area (Å²) in [4.78, 5) is 47.0. The fourth-order valence-corrected chi connectivity index (χ4v) is 10.4. The number of aliphatic hydroxyl groups is 1. The molecular weight excluding hydrogens is 991 g/mol. The number of urea groups is 2. The molecule has 5 rings (SSSR count). The molecule has 4 aromatic carbocycles. The van der Waals surface area contributed by atoms with Crippen molar-refractivity contribution in [1.29, 1.82) is 0 Å². The Morgan fingerprint density at radius 3 is 1.08 bits per heavy atom. The number of ether oxygens (including phenoxy) is 2. The molecular formula is C67H99N3O9. The number of phenolic OH excluding ortho intramolecular Hbond substituents is 3. The summed E-state index contributed by atoms with van der Waals surface area (Å²) in [5, 5.41) is 47.9. The SMILES string of the molecule is CCOC(=O)CCc1cc(C(C)(C)C)c(O)c(C(C)(C)COc2c(C(C)(C)C)cc(CN3C(=O)N(Cc4cc(C(C)(C)C)c(O)c(C(C)(C)C)c4)C(O)N(Cc4cc(C(C)(C)C)c(O)c(C(C)(C)C)c4)C3=O)cc2C(C)(C)C)c1. The predicted molar refractivity (Wildman–Crippen MR) is 319 cm³/mol. The Morgan fingerprint density at radius 1 is 0.456 bits per heavy atom. The van der Waals surface area contributed by atoms with Crippen LogP contribution in [-0.4, -0.2) is 72.7 Å². The number of carbonyl (C=O) groups is 3. The Kier molecular flexibility index (Phi) is 18.1. The number of esters is 1. The third-order valence-corrected chi connectivity index (χ3v) is 15.1. The van der Waals surface area contributed by atoms with Crippen LogP contribution in [-0.2, 0) is 78.9 Å². The fraction of sp³-hybridized carbons (Fsp3) is 0.597. The molecule has 0 radical (unpaired) electrons. The molecule has 79 heavy (non-hydrogen) atoms. The summed E-state index contributed by atoms with van der Waals surface area (Å²) >= 11 is 0. The highest BCUT2D eigenvalue weighted by Gasteiger charge is 2.45. The Hall–Kier alpha value is -5.75. The minimum atomic E-state index is -1.68. The minimum absolute atomic E-state index is 0.0765. The molecule has 1 saturated heterocycles. The van der Waals surface area contributed by atoms with Crippen LogP contribution in [0, 0.1) is 0 Å². The number of hydrogen-bond donors (Lipinski definition) is 4. The Labute approximate surface area is 474 Å². The van der Waals surface area contributed by atoms with Crippen molar-refractivity contribution in [3.63, 3.8) is 0 Å². The topological polar surface area (TPSA) is 160 Å². The van der Waals surface area contributed by atoms with Crippen molar-refractivity contribution in [3.05, 3.63) is 115 Å². The van der Waals surface area contributed by atoms with Crippen molar-refractivity contribution in [2.75, 3.05) is 13.2 Å². The van der Waals surface area contributed by atoms with Gasteiger partial charge in [-0.15, -0.1) is 0 Å². The maximum Gasteiger partial charge on any atom is 0.332 e. The molecule has 0 unspecified atom stereocenters. The quantitative estimate of drug-likeness (QED) is 0.0901. The lowest BCUT2D eigenvalue weighted by molar-refractivity contribution is -0.143. The first-order valence-corrected chi connectivity index (χ1v) is 28.3. The van der Waals surface area contributed by atoms with Crippen molar-refractivity contribution in [2.45, 2.75) is 248 Å². The summed E-state index contributed by atoms with van der Waals surface area (Å²) in [6.07, 6.45) is -1.02. The molecule has 1 fully saturated rings. The van der Waals surface area contributed by atoms with Crippen LogP contribution >= 0.6 is 0 Å². The predicted octanol–water partition coefficient (Wildman–Crippen LogP) is 15.1. The van der Waals surface area contributed by atoms with Crippen LogP contribution in [0.5, 0.6) is 23.0 Å². The van der Waals surface area contributed by atoms with Gasteiger partial charge in [-0.1, -0.05) is 171 Å². The molecule has 0 bridgehead atoms. The summed E-state index contributed by atoms with van der Waals surface area (Å²) in [5.74, 6) is 0.970. The van der Waals surface area contributed by atoms with E-state index in [-0.39, 0.29) is 55.9 Å². The summed E-state index contributed by atoms with van der Waals surface area (Å²) in [6, 6.07) is 14.2. The van der Waals surface area contributed by atoms with Gasteiger partial charge in [0, 0.05) is 28.5 Å². The maximum atomic E-state index is 15.3. The van der Waals surface area contributed by atoms with Gasteiger partial charge in [-0.05, 0) is 138 Å². The number of nitrogens with zero attached hydrogens (tertiary/aromatic N) is 3. The Morgan fingerprint density at radius 2 is 0.747 bits per heavy atom. The third kappa shape index (κ3) is 14.6. The molecule has 4 N–H and O–H groups in total. The minimum Gasteiger partial charge on any atom is -0.507 e. The molecule has 1 aliphatic heterocycles. The average Bonchev–Trinajstić information content (AvgIpc) is 3.27. The number of aryl methyl sites for hydroxylation is 1. The van der Waals surface area contributed by atoms with Gasteiger partial charge in [0.15, 0.2) is 0 Å². The smallest absolute Gasteiger partial charge is 0.332 e. The molecule has 1 aliphatic rings. The van der Waals surface area contributed by atoms with Crippen LogP contribution in [0.3, 0.4) is 0 Å². The van der Waals surface area contributed by atoms with E-state index in [4.69, 9.17) is 9.47 Å². The van der Waals surface area contributed by atoms with Crippen LogP contribution in [0.4, 0.5) is 9.59 Å². The lowest BCUT2D eigenvalue weighted by Crippen LogP contribution is -2.65. The van der Waals surface area contributed by atoms with Crippen LogP contribution < -0.4 is 4.74 Å². The number of amides is 4. The normalized spacial score (nSPS) is 14.9. The van der Waals surface area contributed by atoms with E-state index < -0.39 is 61.7 Å². The lowest BCUT2D eigenvalue weighted by Gasteiger charge is -2.45. The van der Waals surface area contributed by atoms with Crippen LogP contribution in [0.25, 0.3) is 0 Å². The van der Waals surface area contributed by atoms with Gasteiger partial charge < -0.3 is 29.9 Å². The molecule has 12 nitrogen and oxygen atoms in total. The first-order chi connectivity index (χ1) is 35.7. The number of imide groups is 1. The van der Waals surface area contributed by atoms with Gasteiger partial charge in [-0.3, -0.25) is 14.6 Å². The van der Waals surface area contributed by atoms with Gasteiger partial charge in [0.25, 0.3) is 0 Å². The zero-order chi connectivity index (χ0) is 60.3. The highest BCUT2D eigenvalue weighted by molar-refractivity contribution is 5.96. The van der Waals surface area contributed by atoms with Gasteiger partial charge in [-0.2, -0.15) is 0 Å². The number of benzene rings is 4. The standard InChI is InChI=1S/C67H99N3O9/c1-25-78-52(71)27-26-40-28-44(60(2,3)4)55(74)49(29-40)67(23,24)39-79-56-50(65(17,18)19)34-43(35-51(56)66(20,21)22)38-70-58(76)68(36-41-30-45(61(5,6)7)53(72)46(31-41)62(8,9)10)57(75)69(59(70)77)37-42-32-47(63(11,12)13)54(73)48(33-42)64(14,15)16/h28-35,57,72-75H,25-27,36-39H2,1-24H3. The lowest BCUT2D eigenvalue weighted by atomic mass is 9.77. The van der Waals surface area contributed by atoms with E-state index in [1.54, 1.807) is 6.92 Å². The van der Waals surface area contributed by atoms with Crippen LogP contribution in [0.2, 0.25) is 0 Å². The largest absolute Gasteiger partial charge is 0.507 e. The number of phenols is 3. The fourth-order valence-electron chi connectivity index (χ4n) is 10.4. The second-order valence-electron chi connectivity index (χ2n) is 30.1. The first-order valence-electron chi connectivity index (χ1n) is 28.3. The van der Waals surface area contributed by atoms with Gasteiger partial charge >= 0.3 is 18.0 Å². The van der Waals surface area contributed by atoms with Gasteiger partial charge in [0.1, 0.15) is 23.0 Å². The average molecular weight is 1090 g/mol. The Bertz CT molecular complexity index is 2710. The van der Waals surface area contributed by atoms with E-state index in [9.17, 15) is 25.2 Å². The molecule has 1 heterocycles. The van der Waals surface area contributed by atoms with E-state index in [1.807, 2.05) is 145 Å². The number of aromatic hydroxyl groups is 3. The number of rotatable bonds is 14. The van der Waals surface area contributed by atoms with E-state index in [0.29, 0.717) is 63.3 Å². The molecule has 4 amide bonds. The molecule has 436 valence electrons. The first kappa shape index (κ1) is 64.1. The second kappa shape index (κ2) is 22.3. The molecule has 0 saturated carbocycles. The van der Waals surface area contributed by atoms with Crippen molar-refractivity contribution in [2.24, 2.45) is 0 Å². The van der Waals surface area contributed by atoms with E-state index >= 15 is 9.59 Å². The Balaban J connectivity index is 1.68. The molecule has 0 spiro atoms. The van der Waals surface area contributed by atoms with Crippen molar-refractivity contribution < 1.29 is 44.3 Å². The van der Waals surface area contributed by atoms with Gasteiger partial charge in [-0.25, -0.2) is 14.5 Å². The van der Waals surface area contributed by atoms with E-state index in [0.717, 1.165) is 22.3 Å². The zero-order valence-corrected chi connectivity index (χ0v) is 52.8. The monoisotopic (exact) mass is 1090 g/mol. The zero-order valence-electron chi connectivity index (χ0n) is 52.8. The summed E-state index contributed by atoms with van der Waals surface area (Å²) in [7, 11) is 0. The third-order valence-electron chi connectivity index (χ3n) is 15.1. The summed E-state index contributed by atoms with van der Waals surface area (Å²) in [5.41, 5.74) is 4.97. The number of carbonyl (C=O) groups excluding carboxylic acids is 3. The number of hydrogen-bond acceptors (Lipinski definition) is 9. The van der Waals surface area contributed by atoms with Crippen LogP contribution in [0.15, 0.2) is 48.5 Å². The molecule has 4 aromatic rings. The molecule has 0 atom stereocenters. The van der Waals surface area contributed by atoms with Gasteiger partial charge in [0.05, 0.1) is 32.8 Å². The maximum absolute atomic E-state index is 15.3. The van der Waals surface area contributed by atoms with E-state index in [1.165, 1.54) is 14.7 Å². The molecule has 12 heteroatoms. The summed E-state index contributed by atoms with van der Waals surface area (Å²) in [6.45, 7) is 49.1. The van der Waals surface area contributed by atoms with Crippen LogP contribution in [0.1, 0.15) is 239 Å². The molecule has 0 aliphatic carbocycles. The van der Waals surface area contributed by atoms with Crippen molar-refractivity contribution in [1.82, 2.24) is 14.7 Å². The van der Waals surface area contributed by atoms with E-state index in [2.05, 4.69) is 62.3 Å². The van der Waals surface area contributed by atoms with Crippen molar-refractivity contribution >= 4 is 18.0 Å². The number of aliphatic hydroxyl groups excluding tert-OH is 1.